The summed E-state index contributed by atoms with van der Waals surface area (Å²) >= 11 is 0. The molecule has 0 atom stereocenters. The van der Waals surface area contributed by atoms with Crippen LogP contribution in [0.4, 0.5) is 0 Å². The Hall–Kier alpha value is -2.82. The van der Waals surface area contributed by atoms with Crippen molar-refractivity contribution in [2.24, 2.45) is 0 Å². The molecule has 0 spiro atoms. The fraction of sp³-hybridized carbons (Fsp3) is 0.263. The molecule has 24 heavy (non-hydrogen) atoms. The van der Waals surface area contributed by atoms with Crippen LogP contribution in [0.5, 0.6) is 11.5 Å². The van der Waals surface area contributed by atoms with E-state index in [1.54, 1.807) is 43.3 Å². The van der Waals surface area contributed by atoms with E-state index in [0.29, 0.717) is 17.9 Å². The van der Waals surface area contributed by atoms with Crippen molar-refractivity contribution < 1.29 is 14.3 Å². The summed E-state index contributed by atoms with van der Waals surface area (Å²) in [5, 5.41) is 0. The van der Waals surface area contributed by atoms with Crippen molar-refractivity contribution in [3.8, 4) is 11.5 Å². The molecule has 1 heterocycles. The molecule has 0 bridgehead atoms. The van der Waals surface area contributed by atoms with Gasteiger partial charge in [-0.2, -0.15) is 0 Å². The third-order valence-electron chi connectivity index (χ3n) is 4.11. The first kappa shape index (κ1) is 16.1. The fourth-order valence-corrected chi connectivity index (χ4v) is 2.77. The van der Waals surface area contributed by atoms with Gasteiger partial charge in [0, 0.05) is 32.7 Å². The number of rotatable bonds is 4. The first-order valence-electron chi connectivity index (χ1n) is 7.87. The number of amides is 2. The summed E-state index contributed by atoms with van der Waals surface area (Å²) in [6.45, 7) is 1.38. The summed E-state index contributed by atoms with van der Waals surface area (Å²) in [7, 11) is 3.45. The van der Waals surface area contributed by atoms with Crippen molar-refractivity contribution >= 4 is 12.3 Å². The Bertz CT molecular complexity index is 754. The maximum Gasteiger partial charge on any atom is 0.253 e. The minimum absolute atomic E-state index is 0.0377. The van der Waals surface area contributed by atoms with Crippen LogP contribution < -0.4 is 4.74 Å². The lowest BCUT2D eigenvalue weighted by Gasteiger charge is -2.25. The normalized spacial score (nSPS) is 13.2. The Morgan fingerprint density at radius 3 is 2.46 bits per heavy atom. The van der Waals surface area contributed by atoms with Gasteiger partial charge in [0.1, 0.15) is 11.5 Å². The number of hydrogen-bond acceptors (Lipinski definition) is 3. The Kier molecular flexibility index (Phi) is 4.51. The molecular weight excluding hydrogens is 304 g/mol. The third-order valence-corrected chi connectivity index (χ3v) is 4.11. The van der Waals surface area contributed by atoms with Crippen molar-refractivity contribution in [2.75, 3.05) is 20.6 Å². The van der Waals surface area contributed by atoms with Crippen LogP contribution in [-0.2, 0) is 17.8 Å². The van der Waals surface area contributed by atoms with E-state index < -0.39 is 0 Å². The third kappa shape index (κ3) is 3.40. The Morgan fingerprint density at radius 2 is 1.79 bits per heavy atom. The van der Waals surface area contributed by atoms with Crippen molar-refractivity contribution in [1.29, 1.82) is 0 Å². The largest absolute Gasteiger partial charge is 0.457 e. The molecule has 0 saturated carbocycles. The predicted molar refractivity (Wildman–Crippen MR) is 91.2 cm³/mol. The minimum Gasteiger partial charge on any atom is -0.457 e. The highest BCUT2D eigenvalue weighted by atomic mass is 16.5. The molecular formula is C19H20N2O3. The molecule has 2 amide bonds. The van der Waals surface area contributed by atoms with Gasteiger partial charge in [0.25, 0.3) is 5.91 Å². The quantitative estimate of drug-likeness (QED) is 0.813. The monoisotopic (exact) mass is 324 g/mol. The molecule has 1 aliphatic rings. The highest BCUT2D eigenvalue weighted by molar-refractivity contribution is 5.93. The molecule has 0 N–H and O–H groups in total. The van der Waals surface area contributed by atoms with Crippen LogP contribution in [0, 0.1) is 0 Å². The van der Waals surface area contributed by atoms with Gasteiger partial charge in [-0.05, 0) is 53.9 Å². The zero-order valence-corrected chi connectivity index (χ0v) is 13.9. The van der Waals surface area contributed by atoms with Crippen LogP contribution in [0.3, 0.4) is 0 Å². The topological polar surface area (TPSA) is 49.9 Å². The van der Waals surface area contributed by atoms with Crippen LogP contribution in [0.1, 0.15) is 21.5 Å². The molecule has 0 aromatic heterocycles. The van der Waals surface area contributed by atoms with E-state index in [9.17, 15) is 9.59 Å². The van der Waals surface area contributed by atoms with E-state index in [-0.39, 0.29) is 5.91 Å². The smallest absolute Gasteiger partial charge is 0.253 e. The number of nitrogens with zero attached hydrogens (tertiary/aromatic N) is 2. The molecule has 2 aromatic rings. The van der Waals surface area contributed by atoms with Crippen molar-refractivity contribution in [2.45, 2.75) is 13.0 Å². The second-order valence-electron chi connectivity index (χ2n) is 6.08. The second kappa shape index (κ2) is 6.74. The van der Waals surface area contributed by atoms with Gasteiger partial charge in [-0.25, -0.2) is 0 Å². The number of fused-ring (bicyclic) bond motifs is 1. The predicted octanol–water partition coefficient (Wildman–Crippen LogP) is 2.70. The molecule has 0 radical (unpaired) electrons. The number of benzene rings is 2. The van der Waals surface area contributed by atoms with Gasteiger partial charge in [0.2, 0.25) is 6.41 Å². The fourth-order valence-electron chi connectivity index (χ4n) is 2.77. The molecule has 124 valence electrons. The molecule has 1 aliphatic heterocycles. The highest BCUT2D eigenvalue weighted by Gasteiger charge is 2.15. The lowest BCUT2D eigenvalue weighted by atomic mass is 10.00. The van der Waals surface area contributed by atoms with Crippen LogP contribution in [0.25, 0.3) is 0 Å². The van der Waals surface area contributed by atoms with Gasteiger partial charge >= 0.3 is 0 Å². The van der Waals surface area contributed by atoms with Crippen LogP contribution in [0.2, 0.25) is 0 Å². The molecule has 5 nitrogen and oxygen atoms in total. The van der Waals surface area contributed by atoms with Crippen molar-refractivity contribution in [1.82, 2.24) is 9.80 Å². The van der Waals surface area contributed by atoms with Gasteiger partial charge in [-0.15, -0.1) is 0 Å². The minimum atomic E-state index is -0.0377. The van der Waals surface area contributed by atoms with E-state index in [2.05, 4.69) is 6.07 Å². The summed E-state index contributed by atoms with van der Waals surface area (Å²) in [6, 6.07) is 13.0. The first-order chi connectivity index (χ1) is 11.6. The van der Waals surface area contributed by atoms with Crippen LogP contribution in [0.15, 0.2) is 42.5 Å². The number of ether oxygens (including phenoxy) is 1. The number of hydrogen-bond donors (Lipinski definition) is 0. The lowest BCUT2D eigenvalue weighted by Crippen LogP contribution is -2.28. The SMILES string of the molecule is CN(C)C(=O)c1ccc(Oc2ccc3c(c2)CN(C=O)CC3)cc1. The summed E-state index contributed by atoms with van der Waals surface area (Å²) in [5.74, 6) is 1.37. The molecule has 0 fully saturated rings. The molecule has 0 aliphatic carbocycles. The molecule has 3 rings (SSSR count). The second-order valence-corrected chi connectivity index (χ2v) is 6.08. The van der Waals surface area contributed by atoms with E-state index in [4.69, 9.17) is 4.74 Å². The Labute approximate surface area is 141 Å². The van der Waals surface area contributed by atoms with Gasteiger partial charge in [0.15, 0.2) is 0 Å². The van der Waals surface area contributed by atoms with Crippen LogP contribution in [-0.4, -0.2) is 42.8 Å². The lowest BCUT2D eigenvalue weighted by molar-refractivity contribution is -0.118. The van der Waals surface area contributed by atoms with E-state index in [1.165, 1.54) is 10.5 Å². The van der Waals surface area contributed by atoms with Crippen molar-refractivity contribution in [3.05, 3.63) is 59.2 Å². The van der Waals surface area contributed by atoms with Gasteiger partial charge < -0.3 is 14.5 Å². The van der Waals surface area contributed by atoms with Gasteiger partial charge in [0.05, 0.1) is 0 Å². The Balaban J connectivity index is 1.74. The molecule has 2 aromatic carbocycles. The summed E-state index contributed by atoms with van der Waals surface area (Å²) in [6.07, 6.45) is 1.76. The number of carbonyl (C=O) groups is 2. The maximum absolute atomic E-state index is 11.9. The Morgan fingerprint density at radius 1 is 1.08 bits per heavy atom. The molecule has 0 saturated heterocycles. The summed E-state index contributed by atoms with van der Waals surface area (Å²) in [4.78, 5) is 26.1. The highest BCUT2D eigenvalue weighted by Crippen LogP contribution is 2.27. The van der Waals surface area contributed by atoms with E-state index in [0.717, 1.165) is 30.7 Å². The van der Waals surface area contributed by atoms with Crippen molar-refractivity contribution in [3.63, 3.8) is 0 Å². The van der Waals surface area contributed by atoms with E-state index in [1.807, 2.05) is 12.1 Å². The molecule has 5 heteroatoms. The number of carbonyl (C=O) groups excluding carboxylic acids is 2. The van der Waals surface area contributed by atoms with Crippen LogP contribution >= 0.6 is 0 Å². The standard InChI is InChI=1S/C19H20N2O3/c1-20(2)19(23)15-4-6-17(7-5-15)24-18-8-3-14-9-10-21(13-22)12-16(14)11-18/h3-8,11,13H,9-10,12H2,1-2H3. The van der Waals surface area contributed by atoms with E-state index >= 15 is 0 Å². The summed E-state index contributed by atoms with van der Waals surface area (Å²) < 4.78 is 5.88. The zero-order chi connectivity index (χ0) is 17.1. The first-order valence-corrected chi connectivity index (χ1v) is 7.87. The zero-order valence-electron chi connectivity index (χ0n) is 13.9. The summed E-state index contributed by atoms with van der Waals surface area (Å²) in [5.41, 5.74) is 3.00. The van der Waals surface area contributed by atoms with Gasteiger partial charge in [-0.1, -0.05) is 6.07 Å². The average molecular weight is 324 g/mol. The van der Waals surface area contributed by atoms with Gasteiger partial charge in [-0.3, -0.25) is 9.59 Å². The molecule has 0 unspecified atom stereocenters. The maximum atomic E-state index is 11.9. The average Bonchev–Trinajstić information content (AvgIpc) is 2.61.